The van der Waals surface area contributed by atoms with Crippen molar-refractivity contribution >= 4 is 19.7 Å². The predicted octanol–water partition coefficient (Wildman–Crippen LogP) is 4.27. The Morgan fingerprint density at radius 2 is 1.69 bits per heavy atom. The van der Waals surface area contributed by atoms with Crippen LogP contribution in [0.4, 0.5) is 13.2 Å². The molecule has 0 radical (unpaired) electrons. The number of hydrogen-bond donors (Lipinski definition) is 0. The molecule has 0 heterocycles. The molecule has 0 rings (SSSR count). The van der Waals surface area contributed by atoms with Gasteiger partial charge >= 0.3 is 6.18 Å². The first-order chi connectivity index (χ1) is 5.63. The van der Waals surface area contributed by atoms with E-state index in [1.165, 1.54) is 0 Å². The van der Waals surface area contributed by atoms with Crippen molar-refractivity contribution in [2.24, 2.45) is 0 Å². The summed E-state index contributed by atoms with van der Waals surface area (Å²) in [5.74, 6) is 0. The fourth-order valence-corrected chi connectivity index (χ4v) is 2.39. The SMILES string of the molecule is C[Si](C)(C)CCCC(Cl)C(F)(F)F. The molecule has 0 aliphatic heterocycles. The van der Waals surface area contributed by atoms with Gasteiger partial charge in [-0.2, -0.15) is 13.2 Å². The van der Waals surface area contributed by atoms with Crippen molar-refractivity contribution in [1.29, 1.82) is 0 Å². The van der Waals surface area contributed by atoms with Crippen LogP contribution in [0.2, 0.25) is 25.7 Å². The molecule has 0 aromatic heterocycles. The van der Waals surface area contributed by atoms with E-state index < -0.39 is 19.6 Å². The molecule has 0 aromatic rings. The third-order valence-corrected chi connectivity index (χ3v) is 4.06. The van der Waals surface area contributed by atoms with E-state index in [0.717, 1.165) is 6.04 Å². The first-order valence-corrected chi connectivity index (χ1v) is 8.48. The average molecular weight is 233 g/mol. The van der Waals surface area contributed by atoms with Crippen LogP contribution in [-0.2, 0) is 0 Å². The second-order valence-electron chi connectivity index (χ2n) is 4.46. The Bertz CT molecular complexity index is 150. The van der Waals surface area contributed by atoms with Gasteiger partial charge in [-0.05, 0) is 6.42 Å². The molecule has 80 valence electrons. The lowest BCUT2D eigenvalue weighted by Gasteiger charge is -2.18. The largest absolute Gasteiger partial charge is 0.404 e. The molecule has 13 heavy (non-hydrogen) atoms. The Morgan fingerprint density at radius 3 is 2.00 bits per heavy atom. The second kappa shape index (κ2) is 4.69. The molecule has 0 saturated heterocycles. The van der Waals surface area contributed by atoms with Crippen molar-refractivity contribution < 1.29 is 13.2 Å². The maximum atomic E-state index is 11.9. The predicted molar refractivity (Wildman–Crippen MR) is 53.1 cm³/mol. The zero-order valence-corrected chi connectivity index (χ0v) is 9.97. The Kier molecular flexibility index (Phi) is 4.79. The van der Waals surface area contributed by atoms with E-state index >= 15 is 0 Å². The minimum atomic E-state index is -4.24. The van der Waals surface area contributed by atoms with Gasteiger partial charge in [0.1, 0.15) is 5.38 Å². The van der Waals surface area contributed by atoms with Crippen LogP contribution in [0.3, 0.4) is 0 Å². The van der Waals surface area contributed by atoms with Crippen LogP contribution in [0.5, 0.6) is 0 Å². The van der Waals surface area contributed by atoms with Gasteiger partial charge in [-0.15, -0.1) is 11.6 Å². The van der Waals surface area contributed by atoms with E-state index in [1.807, 2.05) is 0 Å². The Balaban J connectivity index is 3.67. The molecule has 0 bridgehead atoms. The van der Waals surface area contributed by atoms with Crippen molar-refractivity contribution in [3.8, 4) is 0 Å². The highest BCUT2D eigenvalue weighted by atomic mass is 35.5. The molecule has 5 heteroatoms. The zero-order chi connectivity index (χ0) is 10.7. The lowest BCUT2D eigenvalue weighted by molar-refractivity contribution is -0.131. The van der Waals surface area contributed by atoms with Crippen LogP contribution >= 0.6 is 11.6 Å². The summed E-state index contributed by atoms with van der Waals surface area (Å²) in [7, 11) is -1.21. The number of halogens is 4. The van der Waals surface area contributed by atoms with Gasteiger partial charge in [0.05, 0.1) is 0 Å². The van der Waals surface area contributed by atoms with E-state index in [-0.39, 0.29) is 6.42 Å². The monoisotopic (exact) mass is 232 g/mol. The summed E-state index contributed by atoms with van der Waals surface area (Å²) in [6.45, 7) is 6.43. The Hall–Kier alpha value is 0.297. The molecule has 0 fully saturated rings. The maximum absolute atomic E-state index is 11.9. The molecule has 0 aliphatic rings. The molecule has 0 aliphatic carbocycles. The van der Waals surface area contributed by atoms with Gasteiger partial charge in [-0.25, -0.2) is 0 Å². The van der Waals surface area contributed by atoms with Gasteiger partial charge in [0.15, 0.2) is 0 Å². The summed E-state index contributed by atoms with van der Waals surface area (Å²) in [4.78, 5) is 0. The molecular formula is C8H16ClF3Si. The highest BCUT2D eigenvalue weighted by molar-refractivity contribution is 6.76. The molecule has 0 nitrogen and oxygen atoms in total. The summed E-state index contributed by atoms with van der Waals surface area (Å²) in [5.41, 5.74) is 0. The van der Waals surface area contributed by atoms with Crippen LogP contribution in [-0.4, -0.2) is 19.6 Å². The van der Waals surface area contributed by atoms with Crippen LogP contribution < -0.4 is 0 Å². The molecule has 0 amide bonds. The summed E-state index contributed by atoms with van der Waals surface area (Å²) in [6.07, 6.45) is -3.60. The molecule has 1 atom stereocenters. The highest BCUT2D eigenvalue weighted by Crippen LogP contribution is 2.29. The first-order valence-electron chi connectivity index (χ1n) is 4.34. The summed E-state index contributed by atoms with van der Waals surface area (Å²) in [5, 5.41) is -1.66. The van der Waals surface area contributed by atoms with Gasteiger partial charge in [-0.1, -0.05) is 32.1 Å². The number of rotatable bonds is 4. The minimum Gasteiger partial charge on any atom is -0.169 e. The van der Waals surface area contributed by atoms with Crippen LogP contribution in [0.1, 0.15) is 12.8 Å². The molecule has 0 spiro atoms. The van der Waals surface area contributed by atoms with E-state index in [9.17, 15) is 13.2 Å². The van der Waals surface area contributed by atoms with Crippen molar-refractivity contribution in [3.05, 3.63) is 0 Å². The third-order valence-electron chi connectivity index (χ3n) is 1.74. The lowest BCUT2D eigenvalue weighted by Crippen LogP contribution is -2.25. The lowest BCUT2D eigenvalue weighted by atomic mass is 10.2. The van der Waals surface area contributed by atoms with Gasteiger partial charge < -0.3 is 0 Å². The smallest absolute Gasteiger partial charge is 0.169 e. The van der Waals surface area contributed by atoms with E-state index in [2.05, 4.69) is 19.6 Å². The summed E-state index contributed by atoms with van der Waals surface area (Å²) in [6, 6.07) is 0.909. The zero-order valence-electron chi connectivity index (χ0n) is 8.21. The van der Waals surface area contributed by atoms with Gasteiger partial charge in [0.25, 0.3) is 0 Å². The first kappa shape index (κ1) is 13.3. The number of alkyl halides is 4. The normalized spacial score (nSPS) is 15.9. The molecule has 0 saturated carbocycles. The quantitative estimate of drug-likeness (QED) is 0.502. The molecule has 1 unspecified atom stereocenters. The fraction of sp³-hybridized carbons (Fsp3) is 1.00. The molecule has 0 aromatic carbocycles. The molecule has 0 N–H and O–H groups in total. The standard InChI is InChI=1S/C8H16ClF3Si/c1-13(2,3)6-4-5-7(9)8(10,11)12/h7H,4-6H2,1-3H3. The minimum absolute atomic E-state index is 0.0509. The van der Waals surface area contributed by atoms with Gasteiger partial charge in [0.2, 0.25) is 0 Å². The van der Waals surface area contributed by atoms with E-state index in [0.29, 0.717) is 6.42 Å². The maximum Gasteiger partial charge on any atom is 0.404 e. The average Bonchev–Trinajstić information content (AvgIpc) is 1.82. The van der Waals surface area contributed by atoms with Crippen molar-refractivity contribution in [2.45, 2.75) is 50.1 Å². The van der Waals surface area contributed by atoms with E-state index in [4.69, 9.17) is 11.6 Å². The van der Waals surface area contributed by atoms with Crippen molar-refractivity contribution in [2.75, 3.05) is 0 Å². The van der Waals surface area contributed by atoms with Crippen molar-refractivity contribution in [3.63, 3.8) is 0 Å². The third kappa shape index (κ3) is 7.37. The Labute approximate surface area is 83.5 Å². The molecular weight excluding hydrogens is 217 g/mol. The number of hydrogen-bond acceptors (Lipinski definition) is 0. The van der Waals surface area contributed by atoms with Gasteiger partial charge in [-0.3, -0.25) is 0 Å². The van der Waals surface area contributed by atoms with E-state index in [1.54, 1.807) is 0 Å². The topological polar surface area (TPSA) is 0 Å². The van der Waals surface area contributed by atoms with Gasteiger partial charge in [0, 0.05) is 8.07 Å². The van der Waals surface area contributed by atoms with Crippen LogP contribution in [0.25, 0.3) is 0 Å². The summed E-state index contributed by atoms with van der Waals surface area (Å²) >= 11 is 5.18. The van der Waals surface area contributed by atoms with Crippen LogP contribution in [0, 0.1) is 0 Å². The summed E-state index contributed by atoms with van der Waals surface area (Å²) < 4.78 is 35.8. The van der Waals surface area contributed by atoms with Crippen LogP contribution in [0.15, 0.2) is 0 Å². The second-order valence-corrected chi connectivity index (χ2v) is 10.6. The van der Waals surface area contributed by atoms with Crippen molar-refractivity contribution in [1.82, 2.24) is 0 Å². The highest BCUT2D eigenvalue weighted by Gasteiger charge is 2.37. The fourth-order valence-electron chi connectivity index (χ4n) is 0.975. The Morgan fingerprint density at radius 1 is 1.23 bits per heavy atom.